The lowest BCUT2D eigenvalue weighted by molar-refractivity contribution is -0.134. The molecule has 0 atom stereocenters. The van der Waals surface area contributed by atoms with Crippen LogP contribution in [0.3, 0.4) is 0 Å². The van der Waals surface area contributed by atoms with E-state index in [1.165, 1.54) is 12.8 Å². The SMILES string of the molecule is CC(C)(C)CC(=O)N1CCN(CCCCCN)CC1. The Morgan fingerprint density at radius 1 is 1.05 bits per heavy atom. The summed E-state index contributed by atoms with van der Waals surface area (Å²) in [4.78, 5) is 16.6. The molecular formula is C15H31N3O. The second-order valence-electron chi connectivity index (χ2n) is 6.81. The second kappa shape index (κ2) is 7.85. The van der Waals surface area contributed by atoms with E-state index in [1.807, 2.05) is 4.90 Å². The van der Waals surface area contributed by atoms with Crippen LogP contribution in [0.25, 0.3) is 0 Å². The van der Waals surface area contributed by atoms with Crippen molar-refractivity contribution < 1.29 is 4.79 Å². The van der Waals surface area contributed by atoms with Crippen LogP contribution in [0.4, 0.5) is 0 Å². The Morgan fingerprint density at radius 2 is 1.68 bits per heavy atom. The zero-order valence-electron chi connectivity index (χ0n) is 13.0. The van der Waals surface area contributed by atoms with Crippen LogP contribution < -0.4 is 5.73 Å². The van der Waals surface area contributed by atoms with Crippen molar-refractivity contribution >= 4 is 5.91 Å². The highest BCUT2D eigenvalue weighted by atomic mass is 16.2. The lowest BCUT2D eigenvalue weighted by Gasteiger charge is -2.36. The first kappa shape index (κ1) is 16.4. The van der Waals surface area contributed by atoms with Crippen molar-refractivity contribution in [2.24, 2.45) is 11.1 Å². The lowest BCUT2D eigenvalue weighted by Crippen LogP contribution is -2.49. The van der Waals surface area contributed by atoms with Gasteiger partial charge in [-0.2, -0.15) is 0 Å². The normalized spacial score (nSPS) is 17.8. The van der Waals surface area contributed by atoms with Gasteiger partial charge in [0.05, 0.1) is 0 Å². The molecule has 1 rings (SSSR count). The van der Waals surface area contributed by atoms with Crippen molar-refractivity contribution in [1.29, 1.82) is 0 Å². The van der Waals surface area contributed by atoms with E-state index in [1.54, 1.807) is 0 Å². The van der Waals surface area contributed by atoms with Crippen LogP contribution in [0.2, 0.25) is 0 Å². The van der Waals surface area contributed by atoms with Gasteiger partial charge in [0.1, 0.15) is 0 Å². The molecule has 1 heterocycles. The van der Waals surface area contributed by atoms with Gasteiger partial charge in [-0.05, 0) is 31.3 Å². The van der Waals surface area contributed by atoms with Gasteiger partial charge < -0.3 is 10.6 Å². The van der Waals surface area contributed by atoms with Gasteiger partial charge in [0.2, 0.25) is 5.91 Å². The zero-order valence-corrected chi connectivity index (χ0v) is 13.0. The molecule has 1 aliphatic rings. The van der Waals surface area contributed by atoms with Crippen molar-refractivity contribution in [1.82, 2.24) is 9.80 Å². The Morgan fingerprint density at radius 3 is 2.21 bits per heavy atom. The highest BCUT2D eigenvalue weighted by molar-refractivity contribution is 5.76. The minimum Gasteiger partial charge on any atom is -0.340 e. The standard InChI is InChI=1S/C15H31N3O/c1-15(2,3)13-14(19)18-11-9-17(10-12-18)8-6-4-5-7-16/h4-13,16H2,1-3H3. The van der Waals surface area contributed by atoms with Gasteiger partial charge in [0.25, 0.3) is 0 Å². The fourth-order valence-corrected chi connectivity index (χ4v) is 2.44. The number of rotatable bonds is 6. The van der Waals surface area contributed by atoms with Crippen molar-refractivity contribution in [3.63, 3.8) is 0 Å². The molecule has 0 aromatic rings. The first-order chi connectivity index (χ1) is 8.92. The van der Waals surface area contributed by atoms with Gasteiger partial charge in [-0.25, -0.2) is 0 Å². The Hall–Kier alpha value is -0.610. The number of piperazine rings is 1. The molecule has 0 unspecified atom stereocenters. The molecule has 19 heavy (non-hydrogen) atoms. The molecule has 112 valence electrons. The van der Waals surface area contributed by atoms with Crippen molar-refractivity contribution in [2.75, 3.05) is 39.3 Å². The second-order valence-corrected chi connectivity index (χ2v) is 6.81. The molecule has 0 aromatic carbocycles. The average molecular weight is 269 g/mol. The van der Waals surface area contributed by atoms with E-state index in [0.29, 0.717) is 12.3 Å². The largest absolute Gasteiger partial charge is 0.340 e. The van der Waals surface area contributed by atoms with Gasteiger partial charge in [-0.1, -0.05) is 27.2 Å². The average Bonchev–Trinajstić information content (AvgIpc) is 2.33. The maximum Gasteiger partial charge on any atom is 0.223 e. The lowest BCUT2D eigenvalue weighted by atomic mass is 9.91. The fraction of sp³-hybridized carbons (Fsp3) is 0.933. The molecule has 2 N–H and O–H groups in total. The molecule has 0 radical (unpaired) electrons. The summed E-state index contributed by atoms with van der Waals surface area (Å²) < 4.78 is 0. The van der Waals surface area contributed by atoms with Crippen molar-refractivity contribution in [3.8, 4) is 0 Å². The molecule has 1 fully saturated rings. The summed E-state index contributed by atoms with van der Waals surface area (Å²) in [7, 11) is 0. The summed E-state index contributed by atoms with van der Waals surface area (Å²) in [5, 5.41) is 0. The maximum absolute atomic E-state index is 12.1. The first-order valence-corrected chi connectivity index (χ1v) is 7.62. The number of nitrogens with two attached hydrogens (primary N) is 1. The fourth-order valence-electron chi connectivity index (χ4n) is 2.44. The number of hydrogen-bond donors (Lipinski definition) is 1. The summed E-state index contributed by atoms with van der Waals surface area (Å²) >= 11 is 0. The Labute approximate surface area is 118 Å². The van der Waals surface area contributed by atoms with Crippen LogP contribution in [0.5, 0.6) is 0 Å². The van der Waals surface area contributed by atoms with E-state index in [9.17, 15) is 4.79 Å². The molecule has 1 aliphatic heterocycles. The number of carbonyl (C=O) groups is 1. The number of carbonyl (C=O) groups excluding carboxylic acids is 1. The summed E-state index contributed by atoms with van der Waals surface area (Å²) in [6.45, 7) is 12.2. The van der Waals surface area contributed by atoms with Crippen LogP contribution in [-0.4, -0.2) is 55.0 Å². The summed E-state index contributed by atoms with van der Waals surface area (Å²) in [5.74, 6) is 0.315. The number of amides is 1. The van der Waals surface area contributed by atoms with E-state index in [4.69, 9.17) is 5.73 Å². The third kappa shape index (κ3) is 6.92. The smallest absolute Gasteiger partial charge is 0.223 e. The van der Waals surface area contributed by atoms with Crippen molar-refractivity contribution in [3.05, 3.63) is 0 Å². The van der Waals surface area contributed by atoms with Crippen LogP contribution >= 0.6 is 0 Å². The topological polar surface area (TPSA) is 49.6 Å². The highest BCUT2D eigenvalue weighted by Gasteiger charge is 2.24. The molecule has 0 bridgehead atoms. The molecule has 1 amide bonds. The van der Waals surface area contributed by atoms with Crippen LogP contribution in [0.1, 0.15) is 46.5 Å². The summed E-state index contributed by atoms with van der Waals surface area (Å²) in [6, 6.07) is 0. The Kier molecular flexibility index (Phi) is 6.80. The summed E-state index contributed by atoms with van der Waals surface area (Å²) in [6.07, 6.45) is 4.24. The van der Waals surface area contributed by atoms with E-state index in [2.05, 4.69) is 25.7 Å². The Balaban J connectivity index is 2.19. The minimum absolute atomic E-state index is 0.0937. The monoisotopic (exact) mass is 269 g/mol. The van der Waals surface area contributed by atoms with E-state index in [-0.39, 0.29) is 5.41 Å². The summed E-state index contributed by atoms with van der Waals surface area (Å²) in [5.41, 5.74) is 5.59. The van der Waals surface area contributed by atoms with Gasteiger partial charge >= 0.3 is 0 Å². The van der Waals surface area contributed by atoms with Crippen molar-refractivity contribution in [2.45, 2.75) is 46.5 Å². The van der Waals surface area contributed by atoms with Crippen LogP contribution in [-0.2, 0) is 4.79 Å². The van der Waals surface area contributed by atoms with Gasteiger partial charge in [0.15, 0.2) is 0 Å². The molecule has 0 spiro atoms. The van der Waals surface area contributed by atoms with Gasteiger partial charge in [-0.3, -0.25) is 9.69 Å². The molecule has 0 aliphatic carbocycles. The first-order valence-electron chi connectivity index (χ1n) is 7.62. The van der Waals surface area contributed by atoms with E-state index < -0.39 is 0 Å². The minimum atomic E-state index is 0.0937. The van der Waals surface area contributed by atoms with Crippen LogP contribution in [0, 0.1) is 5.41 Å². The Bertz CT molecular complexity index is 265. The highest BCUT2D eigenvalue weighted by Crippen LogP contribution is 2.20. The third-order valence-corrected chi connectivity index (χ3v) is 3.59. The molecule has 0 saturated carbocycles. The predicted octanol–water partition coefficient (Wildman–Crippen LogP) is 1.70. The molecule has 1 saturated heterocycles. The predicted molar refractivity (Wildman–Crippen MR) is 80.0 cm³/mol. The number of hydrogen-bond acceptors (Lipinski definition) is 3. The van der Waals surface area contributed by atoms with E-state index >= 15 is 0 Å². The van der Waals surface area contributed by atoms with E-state index in [0.717, 1.165) is 45.7 Å². The van der Waals surface area contributed by atoms with Gasteiger partial charge in [-0.15, -0.1) is 0 Å². The van der Waals surface area contributed by atoms with Gasteiger partial charge in [0, 0.05) is 32.6 Å². The molecule has 0 aromatic heterocycles. The molecule has 4 heteroatoms. The quantitative estimate of drug-likeness (QED) is 0.747. The zero-order chi connectivity index (χ0) is 14.3. The number of nitrogens with zero attached hydrogens (tertiary/aromatic N) is 2. The van der Waals surface area contributed by atoms with Crippen LogP contribution in [0.15, 0.2) is 0 Å². The third-order valence-electron chi connectivity index (χ3n) is 3.59. The number of unbranched alkanes of at least 4 members (excludes halogenated alkanes) is 2. The maximum atomic E-state index is 12.1. The molecule has 4 nitrogen and oxygen atoms in total. The molecular weight excluding hydrogens is 238 g/mol.